The Kier molecular flexibility index (Phi) is 24.3. The van der Waals surface area contributed by atoms with Crippen LogP contribution in [-0.4, -0.2) is 92.4 Å². The average molecular weight is 781 g/mol. The van der Waals surface area contributed by atoms with E-state index in [2.05, 4.69) is 56.1 Å². The normalized spacial score (nSPS) is 13.9. The summed E-state index contributed by atoms with van der Waals surface area (Å²) in [5.74, 6) is -5.36. The number of rotatable bonds is 30. The molecule has 0 fully saturated rings. The Morgan fingerprint density at radius 2 is 1.26 bits per heavy atom. The van der Waals surface area contributed by atoms with Crippen LogP contribution in [0.15, 0.2) is 12.5 Å². The largest absolute Gasteiger partial charge is 0.481 e. The Bertz CT molecular complexity index is 1310. The Hall–Kier alpha value is -4.15. The molecule has 0 saturated carbocycles. The molecule has 17 heteroatoms. The molecular formula is C37H64N8O8S. The molecule has 0 aliphatic rings. The molecule has 1 rings (SSSR count). The number of imidazole rings is 1. The molecular weight excluding hydrogens is 717 g/mol. The van der Waals surface area contributed by atoms with Crippen molar-refractivity contribution in [3.05, 3.63) is 18.2 Å². The molecule has 0 saturated heterocycles. The molecule has 0 bridgehead atoms. The molecule has 5 atom stereocenters. The Balaban J connectivity index is 2.84. The first-order chi connectivity index (χ1) is 25.7. The van der Waals surface area contributed by atoms with Crippen molar-refractivity contribution >= 4 is 54.0 Å². The minimum atomic E-state index is -1.28. The highest BCUT2D eigenvalue weighted by molar-refractivity contribution is 7.80. The minimum absolute atomic E-state index is 0.0601. The lowest BCUT2D eigenvalue weighted by Gasteiger charge is -2.25. The van der Waals surface area contributed by atoms with Crippen LogP contribution < -0.4 is 32.3 Å². The van der Waals surface area contributed by atoms with E-state index in [9.17, 15) is 38.7 Å². The van der Waals surface area contributed by atoms with Gasteiger partial charge in [-0.15, -0.1) is 0 Å². The summed E-state index contributed by atoms with van der Waals surface area (Å²) in [5, 5.41) is 22.1. The van der Waals surface area contributed by atoms with Crippen LogP contribution in [-0.2, 0) is 40.0 Å². The summed E-state index contributed by atoms with van der Waals surface area (Å²) in [6, 6.07) is -5.80. The molecule has 0 spiro atoms. The minimum Gasteiger partial charge on any atom is -0.481 e. The molecule has 0 aliphatic carbocycles. The molecule has 54 heavy (non-hydrogen) atoms. The zero-order valence-electron chi connectivity index (χ0n) is 32.4. The second-order valence-corrected chi connectivity index (χ2v) is 14.6. The molecule has 0 unspecified atom stereocenters. The molecule has 0 radical (unpaired) electrons. The van der Waals surface area contributed by atoms with Gasteiger partial charge in [0.15, 0.2) is 0 Å². The third-order valence-corrected chi connectivity index (χ3v) is 9.22. The number of carbonyl (C=O) groups is 7. The van der Waals surface area contributed by atoms with E-state index in [0.29, 0.717) is 18.5 Å². The third kappa shape index (κ3) is 20.9. The number of nitrogens with one attached hydrogen (secondary N) is 6. The van der Waals surface area contributed by atoms with Crippen molar-refractivity contribution in [2.45, 2.75) is 161 Å². The summed E-state index contributed by atoms with van der Waals surface area (Å²) < 4.78 is 0. The quantitative estimate of drug-likeness (QED) is 0.0410. The van der Waals surface area contributed by atoms with Gasteiger partial charge in [0.1, 0.15) is 30.2 Å². The maximum Gasteiger partial charge on any atom is 0.303 e. The number of carbonyl (C=O) groups excluding carboxylic acids is 6. The standard InChI is InChI=1S/C37H64N8O8S/c1-5-6-7-8-9-10-11-12-13-14-15-16-31(46)42-27(17-18-32(47)48)35(51)45-30(22-54)37(53)44-29(20-26-21-39-23-40-26)36(52)41-25(4)34(50)43-28(33(38)49)19-24(2)3/h21,23-25,27-30,54H,5-20,22H2,1-4H3,(H2,38,49)(H,39,40)(H,41,52)(H,42,46)(H,43,50)(H,44,53)(H,45,51)(H,47,48)/t25-,27+,28+,29-,30+/m1/s1. The van der Waals surface area contributed by atoms with Crippen LogP contribution in [0.1, 0.15) is 130 Å². The number of aromatic nitrogens is 2. The Morgan fingerprint density at radius 3 is 1.78 bits per heavy atom. The van der Waals surface area contributed by atoms with E-state index in [-0.39, 0.29) is 30.9 Å². The molecule has 0 aliphatic heterocycles. The van der Waals surface area contributed by atoms with Gasteiger partial charge in [-0.2, -0.15) is 12.6 Å². The number of primary amides is 1. The van der Waals surface area contributed by atoms with Crippen molar-refractivity contribution in [3.63, 3.8) is 0 Å². The van der Waals surface area contributed by atoms with E-state index >= 15 is 0 Å². The lowest BCUT2D eigenvalue weighted by Crippen LogP contribution is -2.59. The van der Waals surface area contributed by atoms with Crippen molar-refractivity contribution in [3.8, 4) is 0 Å². The van der Waals surface area contributed by atoms with Crippen LogP contribution in [0.5, 0.6) is 0 Å². The van der Waals surface area contributed by atoms with Crippen LogP contribution >= 0.6 is 12.6 Å². The maximum absolute atomic E-state index is 13.4. The van der Waals surface area contributed by atoms with E-state index in [1.54, 1.807) is 0 Å². The number of hydrogen-bond acceptors (Lipinski definition) is 9. The summed E-state index contributed by atoms with van der Waals surface area (Å²) in [7, 11) is 0. The Labute approximate surface area is 324 Å². The molecule has 306 valence electrons. The molecule has 1 aromatic heterocycles. The van der Waals surface area contributed by atoms with E-state index in [0.717, 1.165) is 25.7 Å². The van der Waals surface area contributed by atoms with Crippen molar-refractivity contribution in [1.29, 1.82) is 0 Å². The summed E-state index contributed by atoms with van der Waals surface area (Å²) in [6.07, 6.45) is 14.9. The van der Waals surface area contributed by atoms with Gasteiger partial charge in [-0.05, 0) is 32.1 Å². The Morgan fingerprint density at radius 1 is 0.722 bits per heavy atom. The third-order valence-electron chi connectivity index (χ3n) is 8.85. The zero-order chi connectivity index (χ0) is 40.5. The first-order valence-corrected chi connectivity index (χ1v) is 19.9. The topological polar surface area (TPSA) is 255 Å². The van der Waals surface area contributed by atoms with E-state index < -0.39 is 78.0 Å². The van der Waals surface area contributed by atoms with Crippen molar-refractivity contribution in [1.82, 2.24) is 36.6 Å². The number of nitrogens with two attached hydrogens (primary N) is 1. The van der Waals surface area contributed by atoms with Gasteiger partial charge in [0.05, 0.1) is 6.33 Å². The molecule has 9 N–H and O–H groups in total. The van der Waals surface area contributed by atoms with Gasteiger partial charge in [-0.3, -0.25) is 33.6 Å². The molecule has 16 nitrogen and oxygen atoms in total. The van der Waals surface area contributed by atoms with E-state index in [4.69, 9.17) is 5.73 Å². The second kappa shape index (κ2) is 27.4. The van der Waals surface area contributed by atoms with Crippen molar-refractivity contribution in [2.24, 2.45) is 11.7 Å². The number of carboxylic acid groups (broad SMARTS) is 1. The second-order valence-electron chi connectivity index (χ2n) is 14.2. The van der Waals surface area contributed by atoms with Gasteiger partial charge in [0.25, 0.3) is 0 Å². The van der Waals surface area contributed by atoms with Crippen LogP contribution in [0, 0.1) is 5.92 Å². The fourth-order valence-corrected chi connectivity index (χ4v) is 5.97. The first-order valence-electron chi connectivity index (χ1n) is 19.3. The number of H-pyrrole nitrogens is 1. The van der Waals surface area contributed by atoms with Crippen molar-refractivity contribution in [2.75, 3.05) is 5.75 Å². The monoisotopic (exact) mass is 780 g/mol. The highest BCUT2D eigenvalue weighted by atomic mass is 32.1. The maximum atomic E-state index is 13.4. The van der Waals surface area contributed by atoms with E-state index in [1.807, 2.05) is 13.8 Å². The predicted octanol–water partition coefficient (Wildman–Crippen LogP) is 2.42. The number of aromatic amines is 1. The number of amides is 6. The van der Waals surface area contributed by atoms with Crippen LogP contribution in [0.25, 0.3) is 0 Å². The van der Waals surface area contributed by atoms with Crippen LogP contribution in [0.2, 0.25) is 0 Å². The number of hydrogen-bond donors (Lipinski definition) is 9. The van der Waals surface area contributed by atoms with E-state index in [1.165, 1.54) is 58.0 Å². The van der Waals surface area contributed by atoms with Gasteiger partial charge in [-0.1, -0.05) is 85.0 Å². The smallest absolute Gasteiger partial charge is 0.303 e. The van der Waals surface area contributed by atoms with Gasteiger partial charge in [0, 0.05) is 36.9 Å². The van der Waals surface area contributed by atoms with Gasteiger partial charge >= 0.3 is 5.97 Å². The summed E-state index contributed by atoms with van der Waals surface area (Å²) >= 11 is 4.21. The number of nitrogens with zero attached hydrogens (tertiary/aromatic N) is 1. The summed E-state index contributed by atoms with van der Waals surface area (Å²) in [4.78, 5) is 95.7. The zero-order valence-corrected chi connectivity index (χ0v) is 33.3. The predicted molar refractivity (Wildman–Crippen MR) is 208 cm³/mol. The highest BCUT2D eigenvalue weighted by Gasteiger charge is 2.31. The SMILES string of the molecule is CCCCCCCCCCCCCC(=O)N[C@@H](CCC(=O)O)C(=O)N[C@@H](CS)C(=O)N[C@H](Cc1cnc[nH]1)C(=O)N[C@H](C)C(=O)N[C@@H](CC(C)C)C(N)=O. The lowest BCUT2D eigenvalue weighted by atomic mass is 10.0. The van der Waals surface area contributed by atoms with Crippen LogP contribution in [0.4, 0.5) is 0 Å². The van der Waals surface area contributed by atoms with Gasteiger partial charge in [-0.25, -0.2) is 4.98 Å². The van der Waals surface area contributed by atoms with Gasteiger partial charge < -0.3 is 42.4 Å². The summed E-state index contributed by atoms with van der Waals surface area (Å²) in [6.45, 7) is 7.34. The summed E-state index contributed by atoms with van der Waals surface area (Å²) in [5.41, 5.74) is 5.92. The average Bonchev–Trinajstić information content (AvgIpc) is 3.63. The fraction of sp³-hybridized carbons (Fsp3) is 0.730. The number of carboxylic acids is 1. The number of thiol groups is 1. The highest BCUT2D eigenvalue weighted by Crippen LogP contribution is 2.12. The van der Waals surface area contributed by atoms with Crippen LogP contribution in [0.3, 0.4) is 0 Å². The van der Waals surface area contributed by atoms with Crippen molar-refractivity contribution < 1.29 is 38.7 Å². The lowest BCUT2D eigenvalue weighted by molar-refractivity contribution is -0.138. The van der Waals surface area contributed by atoms with Gasteiger partial charge in [0.2, 0.25) is 35.4 Å². The molecule has 0 aromatic carbocycles. The first kappa shape index (κ1) is 47.9. The molecule has 1 heterocycles. The fourth-order valence-electron chi connectivity index (χ4n) is 5.71. The number of unbranched alkanes of at least 4 members (excludes halogenated alkanes) is 10. The molecule has 6 amide bonds. The number of aliphatic carboxylic acids is 1. The molecule has 1 aromatic rings.